The molecule has 1 aliphatic heterocycles. The summed E-state index contributed by atoms with van der Waals surface area (Å²) in [5.41, 5.74) is 1.39. The molecule has 1 atom stereocenters. The summed E-state index contributed by atoms with van der Waals surface area (Å²) in [7, 11) is 1.66. The average Bonchev–Trinajstić information content (AvgIpc) is 3.17. The SMILES string of the molecule is C#Cc1cccc(NC(=O)CNC(=NC)NCCCOC2CCOC2)c1.I. The summed E-state index contributed by atoms with van der Waals surface area (Å²) in [6.45, 7) is 2.96. The van der Waals surface area contributed by atoms with Gasteiger partial charge in [-0.25, -0.2) is 0 Å². The number of hydrogen-bond acceptors (Lipinski definition) is 4. The van der Waals surface area contributed by atoms with Crippen LogP contribution in [0.3, 0.4) is 0 Å². The molecule has 1 aromatic carbocycles. The highest BCUT2D eigenvalue weighted by Crippen LogP contribution is 2.09. The molecule has 1 saturated heterocycles. The highest BCUT2D eigenvalue weighted by atomic mass is 127. The van der Waals surface area contributed by atoms with E-state index in [0.717, 1.165) is 25.0 Å². The van der Waals surface area contributed by atoms with Crippen molar-refractivity contribution in [3.8, 4) is 12.3 Å². The maximum Gasteiger partial charge on any atom is 0.243 e. The van der Waals surface area contributed by atoms with Crippen molar-refractivity contribution < 1.29 is 14.3 Å². The fourth-order valence-corrected chi connectivity index (χ4v) is 2.45. The second kappa shape index (κ2) is 13.4. The Balaban J connectivity index is 0.00000364. The minimum atomic E-state index is -0.174. The lowest BCUT2D eigenvalue weighted by atomic mass is 10.2. The molecule has 27 heavy (non-hydrogen) atoms. The maximum absolute atomic E-state index is 12.0. The standard InChI is InChI=1S/C19H26N4O3.HI/c1-3-15-6-4-7-16(12-15)23-18(24)13-22-19(20-2)21-9-5-10-26-17-8-11-25-14-17;/h1,4,6-7,12,17H,5,8-11,13-14H2,2H3,(H,23,24)(H2,20,21,22);1H. The number of terminal acetylenes is 1. The summed E-state index contributed by atoms with van der Waals surface area (Å²) >= 11 is 0. The van der Waals surface area contributed by atoms with Crippen LogP contribution >= 0.6 is 24.0 Å². The van der Waals surface area contributed by atoms with Gasteiger partial charge in [-0.05, 0) is 31.0 Å². The number of amides is 1. The lowest BCUT2D eigenvalue weighted by Gasteiger charge is -2.13. The molecule has 1 amide bonds. The molecule has 1 unspecified atom stereocenters. The summed E-state index contributed by atoms with van der Waals surface area (Å²) in [6, 6.07) is 7.16. The van der Waals surface area contributed by atoms with Gasteiger partial charge in [-0.15, -0.1) is 30.4 Å². The second-order valence-corrected chi connectivity index (χ2v) is 5.84. The first kappa shape index (κ1) is 23.2. The molecule has 1 aromatic rings. The van der Waals surface area contributed by atoms with Crippen molar-refractivity contribution in [3.05, 3.63) is 29.8 Å². The van der Waals surface area contributed by atoms with E-state index in [1.54, 1.807) is 25.2 Å². The van der Waals surface area contributed by atoms with Crippen LogP contribution in [0, 0.1) is 12.3 Å². The minimum absolute atomic E-state index is 0. The Bertz CT molecular complexity index is 655. The smallest absolute Gasteiger partial charge is 0.243 e. The molecule has 0 aliphatic carbocycles. The van der Waals surface area contributed by atoms with Crippen LogP contribution in [0.25, 0.3) is 0 Å². The number of halogens is 1. The van der Waals surface area contributed by atoms with E-state index >= 15 is 0 Å². The summed E-state index contributed by atoms with van der Waals surface area (Å²) in [4.78, 5) is 16.1. The van der Waals surface area contributed by atoms with Crippen LogP contribution in [0.5, 0.6) is 0 Å². The number of nitrogens with one attached hydrogen (secondary N) is 3. The van der Waals surface area contributed by atoms with Crippen LogP contribution in [-0.4, -0.2) is 57.9 Å². The van der Waals surface area contributed by atoms with Crippen molar-refractivity contribution in [2.45, 2.75) is 18.9 Å². The Labute approximate surface area is 177 Å². The van der Waals surface area contributed by atoms with Crippen LogP contribution < -0.4 is 16.0 Å². The second-order valence-electron chi connectivity index (χ2n) is 5.84. The maximum atomic E-state index is 12.0. The van der Waals surface area contributed by atoms with Crippen molar-refractivity contribution in [2.24, 2.45) is 4.99 Å². The molecule has 1 heterocycles. The Morgan fingerprint density at radius 3 is 3.00 bits per heavy atom. The molecular weight excluding hydrogens is 459 g/mol. The van der Waals surface area contributed by atoms with Crippen molar-refractivity contribution in [1.82, 2.24) is 10.6 Å². The van der Waals surface area contributed by atoms with E-state index in [1.807, 2.05) is 6.07 Å². The van der Waals surface area contributed by atoms with E-state index in [1.165, 1.54) is 0 Å². The first-order valence-corrected chi connectivity index (χ1v) is 8.71. The number of benzene rings is 1. The van der Waals surface area contributed by atoms with Crippen molar-refractivity contribution in [3.63, 3.8) is 0 Å². The van der Waals surface area contributed by atoms with Crippen molar-refractivity contribution in [2.75, 3.05) is 45.3 Å². The van der Waals surface area contributed by atoms with Crippen LogP contribution in [0.1, 0.15) is 18.4 Å². The van der Waals surface area contributed by atoms with Crippen LogP contribution in [-0.2, 0) is 14.3 Å². The molecule has 7 nitrogen and oxygen atoms in total. The third kappa shape index (κ3) is 9.08. The number of carbonyl (C=O) groups excluding carboxylic acids is 1. The van der Waals surface area contributed by atoms with Crippen molar-refractivity contribution in [1.29, 1.82) is 0 Å². The van der Waals surface area contributed by atoms with Crippen molar-refractivity contribution >= 4 is 41.5 Å². The summed E-state index contributed by atoms with van der Waals surface area (Å²) in [6.07, 6.45) is 7.40. The number of anilines is 1. The van der Waals surface area contributed by atoms with Gasteiger partial charge in [0, 0.05) is 38.1 Å². The van der Waals surface area contributed by atoms with Crippen LogP contribution in [0.2, 0.25) is 0 Å². The molecule has 0 radical (unpaired) electrons. The summed E-state index contributed by atoms with van der Waals surface area (Å²) in [5, 5.41) is 8.92. The molecule has 1 fully saturated rings. The molecule has 0 aromatic heterocycles. The van der Waals surface area contributed by atoms with Gasteiger partial charge in [0.15, 0.2) is 5.96 Å². The van der Waals surface area contributed by atoms with Gasteiger partial charge in [0.05, 0.1) is 19.3 Å². The van der Waals surface area contributed by atoms with Gasteiger partial charge in [-0.2, -0.15) is 0 Å². The molecule has 8 heteroatoms. The van der Waals surface area contributed by atoms with Crippen LogP contribution in [0.15, 0.2) is 29.3 Å². The highest BCUT2D eigenvalue weighted by molar-refractivity contribution is 14.0. The van der Waals surface area contributed by atoms with E-state index in [2.05, 4.69) is 26.9 Å². The zero-order valence-corrected chi connectivity index (χ0v) is 17.8. The quantitative estimate of drug-likeness (QED) is 0.171. The lowest BCUT2D eigenvalue weighted by Crippen LogP contribution is -2.41. The molecule has 0 bridgehead atoms. The van der Waals surface area contributed by atoms with E-state index in [0.29, 0.717) is 31.4 Å². The molecule has 3 N–H and O–H groups in total. The van der Waals surface area contributed by atoms with Gasteiger partial charge < -0.3 is 25.4 Å². The zero-order valence-electron chi connectivity index (χ0n) is 15.5. The summed E-state index contributed by atoms with van der Waals surface area (Å²) in [5.74, 6) is 2.93. The summed E-state index contributed by atoms with van der Waals surface area (Å²) < 4.78 is 11.0. The monoisotopic (exact) mass is 486 g/mol. The molecule has 0 saturated carbocycles. The first-order valence-electron chi connectivity index (χ1n) is 8.71. The first-order chi connectivity index (χ1) is 12.7. The average molecular weight is 486 g/mol. The predicted molar refractivity (Wildman–Crippen MR) is 118 cm³/mol. The molecule has 0 spiro atoms. The topological polar surface area (TPSA) is 84.0 Å². The highest BCUT2D eigenvalue weighted by Gasteiger charge is 2.15. The zero-order chi connectivity index (χ0) is 18.6. The van der Waals surface area contributed by atoms with Gasteiger partial charge >= 0.3 is 0 Å². The van der Waals surface area contributed by atoms with E-state index in [4.69, 9.17) is 15.9 Å². The van der Waals surface area contributed by atoms with E-state index in [9.17, 15) is 4.79 Å². The van der Waals surface area contributed by atoms with Gasteiger partial charge in [0.25, 0.3) is 0 Å². The number of aliphatic imine (C=N–C) groups is 1. The number of rotatable bonds is 8. The number of carbonyl (C=O) groups is 1. The van der Waals surface area contributed by atoms with Gasteiger partial charge in [-0.1, -0.05) is 12.0 Å². The third-order valence-corrected chi connectivity index (χ3v) is 3.81. The predicted octanol–water partition coefficient (Wildman–Crippen LogP) is 1.58. The third-order valence-electron chi connectivity index (χ3n) is 3.81. The normalized spacial score (nSPS) is 16.1. The number of hydrogen-bond donors (Lipinski definition) is 3. The van der Waals surface area contributed by atoms with E-state index in [-0.39, 0.29) is 42.5 Å². The number of ether oxygens (including phenoxy) is 2. The van der Waals surface area contributed by atoms with Gasteiger partial charge in [-0.3, -0.25) is 9.79 Å². The van der Waals surface area contributed by atoms with Gasteiger partial charge in [0.1, 0.15) is 0 Å². The molecule has 1 aliphatic rings. The molecule has 148 valence electrons. The number of guanidine groups is 1. The lowest BCUT2D eigenvalue weighted by molar-refractivity contribution is -0.115. The fourth-order valence-electron chi connectivity index (χ4n) is 2.45. The minimum Gasteiger partial charge on any atom is -0.379 e. The Hall–Kier alpha value is -1.83. The Morgan fingerprint density at radius 2 is 2.30 bits per heavy atom. The largest absolute Gasteiger partial charge is 0.379 e. The molecular formula is C19H27IN4O3. The van der Waals surface area contributed by atoms with Gasteiger partial charge in [0.2, 0.25) is 5.91 Å². The van der Waals surface area contributed by atoms with Crippen LogP contribution in [0.4, 0.5) is 5.69 Å². The Kier molecular flexibility index (Phi) is 11.5. The van der Waals surface area contributed by atoms with E-state index < -0.39 is 0 Å². The fraction of sp³-hybridized carbons (Fsp3) is 0.474. The number of nitrogens with zero attached hydrogens (tertiary/aromatic N) is 1. The molecule has 2 rings (SSSR count). The Morgan fingerprint density at radius 1 is 1.44 bits per heavy atom.